The highest BCUT2D eigenvalue weighted by Crippen LogP contribution is 2.25. The lowest BCUT2D eigenvalue weighted by Gasteiger charge is -2.11. The lowest BCUT2D eigenvalue weighted by atomic mass is 10.1. The molecule has 0 aliphatic rings. The van der Waals surface area contributed by atoms with Gasteiger partial charge in [0.1, 0.15) is 5.75 Å². The Kier molecular flexibility index (Phi) is 7.31. The summed E-state index contributed by atoms with van der Waals surface area (Å²) < 4.78 is 5.77. The zero-order valence-electron chi connectivity index (χ0n) is 11.9. The van der Waals surface area contributed by atoms with Crippen LogP contribution in [-0.2, 0) is 0 Å². The van der Waals surface area contributed by atoms with Gasteiger partial charge in [-0.3, -0.25) is 0 Å². The molecule has 1 rings (SSSR count). The predicted molar refractivity (Wildman–Crippen MR) is 79.1 cm³/mol. The highest BCUT2D eigenvalue weighted by Gasteiger charge is 2.03. The number of aryl methyl sites for hydroxylation is 1. The Balaban J connectivity index is 2.11. The Hall–Kier alpha value is -1.18. The van der Waals surface area contributed by atoms with Gasteiger partial charge in [-0.1, -0.05) is 57.6 Å². The molecule has 2 nitrogen and oxygen atoms in total. The largest absolute Gasteiger partial charge is 0.491 e. The molecule has 0 bridgehead atoms. The van der Waals surface area contributed by atoms with Crippen LogP contribution in [0.3, 0.4) is 0 Å². The summed E-state index contributed by atoms with van der Waals surface area (Å²) in [7, 11) is 0. The second kappa shape index (κ2) is 8.84. The predicted octanol–water partition coefficient (Wildman–Crippen LogP) is 4.71. The molecule has 0 spiro atoms. The van der Waals surface area contributed by atoms with Crippen LogP contribution in [0.5, 0.6) is 5.75 Å². The summed E-state index contributed by atoms with van der Waals surface area (Å²) in [6, 6.07) is 5.90. The van der Waals surface area contributed by atoms with E-state index in [1.54, 1.807) is 0 Å². The second-order valence-corrected chi connectivity index (χ2v) is 4.96. The summed E-state index contributed by atoms with van der Waals surface area (Å²) >= 11 is 0. The van der Waals surface area contributed by atoms with Crippen LogP contribution in [0.4, 0.5) is 5.69 Å². The van der Waals surface area contributed by atoms with E-state index in [-0.39, 0.29) is 0 Å². The molecule has 0 aliphatic carbocycles. The summed E-state index contributed by atoms with van der Waals surface area (Å²) in [6.45, 7) is 5.07. The van der Waals surface area contributed by atoms with Crippen molar-refractivity contribution < 1.29 is 4.74 Å². The molecule has 2 N–H and O–H groups in total. The minimum Gasteiger partial charge on any atom is -0.491 e. The minimum absolute atomic E-state index is 0.748. The van der Waals surface area contributed by atoms with Crippen molar-refractivity contribution in [3.63, 3.8) is 0 Å². The number of nitrogen functional groups attached to an aromatic ring is 1. The van der Waals surface area contributed by atoms with Crippen molar-refractivity contribution in [3.05, 3.63) is 23.8 Å². The Bertz CT molecular complexity index is 316. The molecule has 0 aromatic heterocycles. The number of nitrogens with two attached hydrogens (primary N) is 1. The average molecular weight is 249 g/mol. The van der Waals surface area contributed by atoms with Crippen LogP contribution in [0.15, 0.2) is 18.2 Å². The Labute approximate surface area is 112 Å². The van der Waals surface area contributed by atoms with Gasteiger partial charge in [-0.15, -0.1) is 0 Å². The van der Waals surface area contributed by atoms with E-state index in [9.17, 15) is 0 Å². The molecule has 0 heterocycles. The topological polar surface area (TPSA) is 35.2 Å². The van der Waals surface area contributed by atoms with E-state index in [1.165, 1.54) is 38.5 Å². The van der Waals surface area contributed by atoms with E-state index < -0.39 is 0 Å². The molecule has 0 fully saturated rings. The normalized spacial score (nSPS) is 10.6. The molecular formula is C16H27NO. The third kappa shape index (κ3) is 5.44. The number of hydrogen-bond acceptors (Lipinski definition) is 2. The first-order valence-electron chi connectivity index (χ1n) is 7.23. The van der Waals surface area contributed by atoms with E-state index in [0.29, 0.717) is 0 Å². The molecular weight excluding hydrogens is 222 g/mol. The quantitative estimate of drug-likeness (QED) is 0.508. The van der Waals surface area contributed by atoms with Gasteiger partial charge in [0, 0.05) is 0 Å². The van der Waals surface area contributed by atoms with Gasteiger partial charge in [0.15, 0.2) is 0 Å². The van der Waals surface area contributed by atoms with Crippen molar-refractivity contribution in [2.75, 3.05) is 12.3 Å². The fourth-order valence-corrected chi connectivity index (χ4v) is 2.11. The molecule has 18 heavy (non-hydrogen) atoms. The zero-order chi connectivity index (χ0) is 13.2. The monoisotopic (exact) mass is 249 g/mol. The lowest BCUT2D eigenvalue weighted by Crippen LogP contribution is -2.02. The minimum atomic E-state index is 0.748. The molecule has 0 amide bonds. The summed E-state index contributed by atoms with van der Waals surface area (Å²) in [5, 5.41) is 0. The van der Waals surface area contributed by atoms with Gasteiger partial charge in [-0.25, -0.2) is 0 Å². The van der Waals surface area contributed by atoms with Gasteiger partial charge >= 0.3 is 0 Å². The molecule has 0 atom stereocenters. The maximum atomic E-state index is 5.89. The van der Waals surface area contributed by atoms with Crippen LogP contribution < -0.4 is 10.5 Å². The molecule has 0 radical (unpaired) electrons. The van der Waals surface area contributed by atoms with E-state index in [2.05, 4.69) is 6.92 Å². The van der Waals surface area contributed by atoms with Crippen LogP contribution in [-0.4, -0.2) is 6.61 Å². The van der Waals surface area contributed by atoms with Gasteiger partial charge < -0.3 is 10.5 Å². The van der Waals surface area contributed by atoms with E-state index in [4.69, 9.17) is 10.5 Å². The number of ether oxygens (including phenoxy) is 1. The van der Waals surface area contributed by atoms with Crippen molar-refractivity contribution in [3.8, 4) is 5.75 Å². The van der Waals surface area contributed by atoms with Crippen LogP contribution >= 0.6 is 0 Å². The first-order chi connectivity index (χ1) is 8.75. The van der Waals surface area contributed by atoms with E-state index >= 15 is 0 Å². The SMILES string of the molecule is CCCCCCCCCOc1c(C)cccc1N. The highest BCUT2D eigenvalue weighted by atomic mass is 16.5. The van der Waals surface area contributed by atoms with Crippen molar-refractivity contribution in [1.29, 1.82) is 0 Å². The number of unbranched alkanes of at least 4 members (excludes halogenated alkanes) is 6. The Morgan fingerprint density at radius 1 is 1.00 bits per heavy atom. The first-order valence-corrected chi connectivity index (χ1v) is 7.23. The fourth-order valence-electron chi connectivity index (χ4n) is 2.11. The zero-order valence-corrected chi connectivity index (χ0v) is 11.9. The summed E-state index contributed by atoms with van der Waals surface area (Å²) in [4.78, 5) is 0. The van der Waals surface area contributed by atoms with Gasteiger partial charge in [-0.05, 0) is 25.0 Å². The smallest absolute Gasteiger partial charge is 0.145 e. The maximum Gasteiger partial charge on any atom is 0.145 e. The summed E-state index contributed by atoms with van der Waals surface area (Å²) in [5.74, 6) is 0.864. The van der Waals surface area contributed by atoms with Crippen LogP contribution in [0.25, 0.3) is 0 Å². The van der Waals surface area contributed by atoms with E-state index in [1.807, 2.05) is 25.1 Å². The van der Waals surface area contributed by atoms with Crippen molar-refractivity contribution in [2.45, 2.75) is 58.8 Å². The van der Waals surface area contributed by atoms with Gasteiger partial charge in [-0.2, -0.15) is 0 Å². The van der Waals surface area contributed by atoms with Crippen LogP contribution in [0, 0.1) is 6.92 Å². The number of anilines is 1. The maximum absolute atomic E-state index is 5.89. The third-order valence-corrected chi connectivity index (χ3v) is 3.24. The number of benzene rings is 1. The molecule has 0 aliphatic heterocycles. The van der Waals surface area contributed by atoms with Gasteiger partial charge in [0.25, 0.3) is 0 Å². The Morgan fingerprint density at radius 3 is 2.33 bits per heavy atom. The molecule has 0 saturated carbocycles. The molecule has 0 saturated heterocycles. The van der Waals surface area contributed by atoms with Gasteiger partial charge in [0.05, 0.1) is 12.3 Å². The van der Waals surface area contributed by atoms with Crippen molar-refractivity contribution >= 4 is 5.69 Å². The third-order valence-electron chi connectivity index (χ3n) is 3.24. The number of rotatable bonds is 9. The van der Waals surface area contributed by atoms with E-state index in [0.717, 1.165) is 30.0 Å². The number of hydrogen-bond donors (Lipinski definition) is 1. The summed E-state index contributed by atoms with van der Waals surface area (Å²) in [5.41, 5.74) is 7.76. The lowest BCUT2D eigenvalue weighted by molar-refractivity contribution is 0.304. The molecule has 102 valence electrons. The van der Waals surface area contributed by atoms with Gasteiger partial charge in [0.2, 0.25) is 0 Å². The number of para-hydroxylation sites is 1. The fraction of sp³-hybridized carbons (Fsp3) is 0.625. The van der Waals surface area contributed by atoms with Crippen LogP contribution in [0.2, 0.25) is 0 Å². The second-order valence-electron chi connectivity index (χ2n) is 4.96. The first kappa shape index (κ1) is 14.9. The highest BCUT2D eigenvalue weighted by molar-refractivity contribution is 5.56. The molecule has 1 aromatic rings. The average Bonchev–Trinajstić information content (AvgIpc) is 2.35. The Morgan fingerprint density at radius 2 is 1.67 bits per heavy atom. The van der Waals surface area contributed by atoms with Crippen molar-refractivity contribution in [2.24, 2.45) is 0 Å². The van der Waals surface area contributed by atoms with Crippen LogP contribution in [0.1, 0.15) is 57.4 Å². The van der Waals surface area contributed by atoms with Crippen molar-refractivity contribution in [1.82, 2.24) is 0 Å². The molecule has 1 aromatic carbocycles. The summed E-state index contributed by atoms with van der Waals surface area (Å²) in [6.07, 6.45) is 9.14. The molecule has 2 heteroatoms. The molecule has 0 unspecified atom stereocenters. The standard InChI is InChI=1S/C16H27NO/c1-3-4-5-6-7-8-9-13-18-16-14(2)11-10-12-15(16)17/h10-12H,3-9,13,17H2,1-2H3.